The summed E-state index contributed by atoms with van der Waals surface area (Å²) in [5.74, 6) is -0.413. The van der Waals surface area contributed by atoms with Crippen LogP contribution in [0.2, 0.25) is 0 Å². The maximum atomic E-state index is 11.8. The number of alkyl halides is 1. The molecule has 0 aliphatic carbocycles. The SMILES string of the molecule is C=CC1=C(C)C(=O)N(C(C)CCBr)C1=O. The molecule has 1 unspecified atom stereocenters. The number of rotatable bonds is 4. The van der Waals surface area contributed by atoms with Crippen molar-refractivity contribution in [3.8, 4) is 0 Å². The summed E-state index contributed by atoms with van der Waals surface area (Å²) in [5.41, 5.74) is 0.929. The lowest BCUT2D eigenvalue weighted by Crippen LogP contribution is -2.39. The number of hydrogen-bond acceptors (Lipinski definition) is 2. The first kappa shape index (κ1) is 12.2. The van der Waals surface area contributed by atoms with Crippen molar-refractivity contribution in [2.24, 2.45) is 0 Å². The van der Waals surface area contributed by atoms with Crippen molar-refractivity contribution in [2.75, 3.05) is 5.33 Å². The van der Waals surface area contributed by atoms with Gasteiger partial charge in [-0.2, -0.15) is 0 Å². The third-order valence-electron chi connectivity index (χ3n) is 2.56. The molecule has 0 radical (unpaired) electrons. The number of hydrogen-bond donors (Lipinski definition) is 0. The van der Waals surface area contributed by atoms with Gasteiger partial charge in [-0.25, -0.2) is 0 Å². The second kappa shape index (κ2) is 4.75. The smallest absolute Gasteiger partial charge is 0.261 e. The summed E-state index contributed by atoms with van der Waals surface area (Å²) < 4.78 is 0. The zero-order valence-corrected chi connectivity index (χ0v) is 10.5. The summed E-state index contributed by atoms with van der Waals surface area (Å²) in [6.45, 7) is 7.09. The Bertz CT molecular complexity index is 346. The largest absolute Gasteiger partial charge is 0.272 e. The van der Waals surface area contributed by atoms with Crippen LogP contribution in [0.5, 0.6) is 0 Å². The molecule has 1 heterocycles. The minimum absolute atomic E-state index is 0.0724. The van der Waals surface area contributed by atoms with Gasteiger partial charge in [0.2, 0.25) is 0 Å². The molecule has 3 nitrogen and oxygen atoms in total. The van der Waals surface area contributed by atoms with Gasteiger partial charge in [-0.05, 0) is 20.3 Å². The second-order valence-corrected chi connectivity index (χ2v) is 4.34. The average molecular weight is 272 g/mol. The van der Waals surface area contributed by atoms with Gasteiger partial charge in [0.25, 0.3) is 11.8 Å². The standard InChI is InChI=1S/C11H14BrNO2/c1-4-9-8(3)10(14)13(11(9)15)7(2)5-6-12/h4,7H,1,5-6H2,2-3H3. The van der Waals surface area contributed by atoms with E-state index in [0.29, 0.717) is 11.1 Å². The number of carbonyl (C=O) groups is 2. The number of carbonyl (C=O) groups excluding carboxylic acids is 2. The Balaban J connectivity index is 2.95. The van der Waals surface area contributed by atoms with Crippen LogP contribution in [0.4, 0.5) is 0 Å². The number of imide groups is 1. The highest BCUT2D eigenvalue weighted by molar-refractivity contribution is 9.09. The fraction of sp³-hybridized carbons (Fsp3) is 0.455. The van der Waals surface area contributed by atoms with Crippen molar-refractivity contribution in [1.82, 2.24) is 4.90 Å². The third kappa shape index (κ3) is 2.04. The van der Waals surface area contributed by atoms with Crippen molar-refractivity contribution in [3.05, 3.63) is 23.8 Å². The van der Waals surface area contributed by atoms with Crippen LogP contribution in [0, 0.1) is 0 Å². The van der Waals surface area contributed by atoms with Crippen molar-refractivity contribution >= 4 is 27.7 Å². The van der Waals surface area contributed by atoms with Gasteiger partial charge in [0.05, 0.1) is 0 Å². The highest BCUT2D eigenvalue weighted by Crippen LogP contribution is 2.24. The van der Waals surface area contributed by atoms with E-state index in [1.165, 1.54) is 11.0 Å². The van der Waals surface area contributed by atoms with Crippen molar-refractivity contribution in [1.29, 1.82) is 0 Å². The molecule has 0 saturated carbocycles. The van der Waals surface area contributed by atoms with Crippen LogP contribution >= 0.6 is 15.9 Å². The molecule has 4 heteroatoms. The van der Waals surface area contributed by atoms with Crippen molar-refractivity contribution < 1.29 is 9.59 Å². The molecule has 0 bridgehead atoms. The normalized spacial score (nSPS) is 18.7. The van der Waals surface area contributed by atoms with Crippen LogP contribution in [-0.2, 0) is 9.59 Å². The molecule has 0 aromatic carbocycles. The molecule has 0 N–H and O–H groups in total. The number of amides is 2. The molecule has 1 aliphatic heterocycles. The lowest BCUT2D eigenvalue weighted by Gasteiger charge is -2.22. The van der Waals surface area contributed by atoms with E-state index in [9.17, 15) is 9.59 Å². The Morgan fingerprint density at radius 2 is 2.07 bits per heavy atom. The first-order valence-electron chi connectivity index (χ1n) is 4.81. The fourth-order valence-electron chi connectivity index (χ4n) is 1.61. The predicted molar refractivity (Wildman–Crippen MR) is 62.6 cm³/mol. The molecule has 82 valence electrons. The fourth-order valence-corrected chi connectivity index (χ4v) is 2.27. The Labute approximate surface area is 98.0 Å². The summed E-state index contributed by atoms with van der Waals surface area (Å²) >= 11 is 3.30. The zero-order valence-electron chi connectivity index (χ0n) is 8.92. The van der Waals surface area contributed by atoms with Gasteiger partial charge in [0, 0.05) is 22.5 Å². The molecule has 0 aromatic heterocycles. The monoisotopic (exact) mass is 271 g/mol. The van der Waals surface area contributed by atoms with E-state index in [2.05, 4.69) is 22.5 Å². The second-order valence-electron chi connectivity index (χ2n) is 3.55. The molecular formula is C11H14BrNO2. The topological polar surface area (TPSA) is 37.4 Å². The van der Waals surface area contributed by atoms with E-state index in [1.54, 1.807) is 6.92 Å². The minimum Gasteiger partial charge on any atom is -0.272 e. The van der Waals surface area contributed by atoms with Crippen LogP contribution in [0.3, 0.4) is 0 Å². The lowest BCUT2D eigenvalue weighted by atomic mass is 10.2. The molecule has 0 aromatic rings. The molecular weight excluding hydrogens is 258 g/mol. The maximum absolute atomic E-state index is 11.8. The van der Waals surface area contributed by atoms with Gasteiger partial charge in [-0.1, -0.05) is 28.6 Å². The van der Waals surface area contributed by atoms with Gasteiger partial charge in [0.1, 0.15) is 0 Å². The minimum atomic E-state index is -0.221. The van der Waals surface area contributed by atoms with Crippen LogP contribution in [0.25, 0.3) is 0 Å². The van der Waals surface area contributed by atoms with Gasteiger partial charge >= 0.3 is 0 Å². The van der Waals surface area contributed by atoms with Crippen LogP contribution in [0.15, 0.2) is 23.8 Å². The third-order valence-corrected chi connectivity index (χ3v) is 3.02. The number of halogens is 1. The Hall–Kier alpha value is -0.900. The molecule has 1 atom stereocenters. The first-order valence-corrected chi connectivity index (χ1v) is 5.93. The Morgan fingerprint density at radius 3 is 2.47 bits per heavy atom. The summed E-state index contributed by atoms with van der Waals surface area (Å²) in [4.78, 5) is 24.9. The summed E-state index contributed by atoms with van der Waals surface area (Å²) in [7, 11) is 0. The zero-order chi connectivity index (χ0) is 11.6. The van der Waals surface area contributed by atoms with Gasteiger partial charge in [-0.3, -0.25) is 14.5 Å². The average Bonchev–Trinajstić information content (AvgIpc) is 2.39. The molecule has 15 heavy (non-hydrogen) atoms. The van der Waals surface area contributed by atoms with E-state index in [4.69, 9.17) is 0 Å². The van der Waals surface area contributed by atoms with E-state index >= 15 is 0 Å². The maximum Gasteiger partial charge on any atom is 0.261 e. The predicted octanol–water partition coefficient (Wildman–Crippen LogP) is 2.03. The molecule has 1 rings (SSSR count). The van der Waals surface area contributed by atoms with Crippen molar-refractivity contribution in [2.45, 2.75) is 26.3 Å². The van der Waals surface area contributed by atoms with Crippen LogP contribution in [-0.4, -0.2) is 28.1 Å². The highest BCUT2D eigenvalue weighted by atomic mass is 79.9. The van der Waals surface area contributed by atoms with E-state index in [0.717, 1.165) is 11.8 Å². The van der Waals surface area contributed by atoms with E-state index in [-0.39, 0.29) is 17.9 Å². The van der Waals surface area contributed by atoms with E-state index < -0.39 is 0 Å². The molecule has 2 amide bonds. The summed E-state index contributed by atoms with van der Waals surface area (Å²) in [6.07, 6.45) is 2.21. The van der Waals surface area contributed by atoms with Crippen molar-refractivity contribution in [3.63, 3.8) is 0 Å². The van der Waals surface area contributed by atoms with E-state index in [1.807, 2.05) is 6.92 Å². The quantitative estimate of drug-likeness (QED) is 0.580. The van der Waals surface area contributed by atoms with Crippen LogP contribution in [0.1, 0.15) is 20.3 Å². The van der Waals surface area contributed by atoms with Gasteiger partial charge < -0.3 is 0 Å². The highest BCUT2D eigenvalue weighted by Gasteiger charge is 2.36. The lowest BCUT2D eigenvalue weighted by molar-refractivity contribution is -0.139. The molecule has 0 fully saturated rings. The summed E-state index contributed by atoms with van der Waals surface area (Å²) in [6, 6.07) is -0.0724. The van der Waals surface area contributed by atoms with Crippen LogP contribution < -0.4 is 0 Å². The molecule has 0 saturated heterocycles. The summed E-state index contributed by atoms with van der Waals surface area (Å²) in [5, 5.41) is 0.772. The van der Waals surface area contributed by atoms with Gasteiger partial charge in [-0.15, -0.1) is 0 Å². The van der Waals surface area contributed by atoms with Gasteiger partial charge in [0.15, 0.2) is 0 Å². The Kier molecular flexibility index (Phi) is 3.85. The first-order chi connectivity index (χ1) is 7.04. The number of nitrogens with zero attached hydrogens (tertiary/aromatic N) is 1. The Morgan fingerprint density at radius 1 is 1.47 bits per heavy atom. The molecule has 0 spiro atoms. The molecule has 1 aliphatic rings.